The molecule has 1 aliphatic rings. The van der Waals surface area contributed by atoms with E-state index in [0.717, 1.165) is 0 Å². The van der Waals surface area contributed by atoms with E-state index in [0.29, 0.717) is 0 Å². The van der Waals surface area contributed by atoms with Crippen molar-refractivity contribution in [3.05, 3.63) is 34.9 Å². The fourth-order valence-corrected chi connectivity index (χ4v) is 3.82. The molecule has 0 saturated carbocycles. The van der Waals surface area contributed by atoms with Gasteiger partial charge in [-0.3, -0.25) is 0 Å². The molecule has 5 nitrogen and oxygen atoms in total. The average Bonchev–Trinajstić information content (AvgIpc) is 2.86. The van der Waals surface area contributed by atoms with Crippen LogP contribution in [-0.2, 0) is 33.1 Å². The zero-order chi connectivity index (χ0) is 25.6. The Kier molecular flexibility index (Phi) is 6.91. The summed E-state index contributed by atoms with van der Waals surface area (Å²) in [5, 5.41) is 0.143. The first-order valence-corrected chi connectivity index (χ1v) is 9.71. The number of hydroxylamine groups is 2. The summed E-state index contributed by atoms with van der Waals surface area (Å²) in [6, 6.07) is 0.210. The molecule has 0 aliphatic carbocycles. The monoisotopic (exact) mass is 513 g/mol. The van der Waals surface area contributed by atoms with Gasteiger partial charge in [0.2, 0.25) is 0 Å². The smallest absolute Gasteiger partial charge is 0.442 e. The van der Waals surface area contributed by atoms with Crippen LogP contribution in [0, 0.1) is 0 Å². The minimum absolute atomic E-state index is 0.143. The van der Waals surface area contributed by atoms with Crippen molar-refractivity contribution >= 4 is 23.8 Å². The number of thioether (sulfide) groups is 1. The molecule has 33 heavy (non-hydrogen) atoms. The average molecular weight is 513 g/mol. The van der Waals surface area contributed by atoms with Crippen molar-refractivity contribution in [2.45, 2.75) is 55.4 Å². The van der Waals surface area contributed by atoms with Gasteiger partial charge >= 0.3 is 29.9 Å². The third kappa shape index (κ3) is 7.08. The summed E-state index contributed by atoms with van der Waals surface area (Å²) in [6.07, 6.45) is -13.1. The Balaban J connectivity index is 2.52. The topological polar surface area (TPSA) is 55.8 Å². The lowest BCUT2D eigenvalue weighted by Gasteiger charge is -2.26. The molecule has 0 aromatic heterocycles. The Labute approximate surface area is 185 Å². The van der Waals surface area contributed by atoms with Crippen molar-refractivity contribution in [1.82, 2.24) is 5.06 Å². The molecule has 1 heterocycles. The lowest BCUT2D eigenvalue weighted by atomic mass is 9.95. The fourth-order valence-electron chi connectivity index (χ4n) is 2.84. The van der Waals surface area contributed by atoms with Crippen LogP contribution in [-0.4, -0.2) is 39.5 Å². The molecule has 1 aromatic carbocycles. The van der Waals surface area contributed by atoms with Crippen molar-refractivity contribution in [2.75, 3.05) is 6.54 Å². The number of alkyl halides is 9. The molecule has 0 bridgehead atoms. The molecular weight excluding hydrogens is 497 g/mol. The van der Waals surface area contributed by atoms with Crippen LogP contribution in [0.3, 0.4) is 0 Å². The third-order valence-electron chi connectivity index (χ3n) is 4.01. The lowest BCUT2D eigenvalue weighted by molar-refractivity contribution is -0.166. The van der Waals surface area contributed by atoms with Crippen molar-refractivity contribution in [2.24, 2.45) is 0 Å². The van der Waals surface area contributed by atoms with Gasteiger partial charge in [0.05, 0.1) is 17.7 Å². The summed E-state index contributed by atoms with van der Waals surface area (Å²) in [5.41, 5.74) is -10.7. The van der Waals surface area contributed by atoms with Crippen LogP contribution in [0.4, 0.5) is 44.3 Å². The van der Waals surface area contributed by atoms with Crippen molar-refractivity contribution in [1.29, 1.82) is 0 Å². The molecule has 0 spiro atoms. The van der Waals surface area contributed by atoms with Gasteiger partial charge in [-0.15, -0.1) is 5.06 Å². The van der Waals surface area contributed by atoms with Gasteiger partial charge in [0.1, 0.15) is 10.3 Å². The normalized spacial score (nSPS) is 20.1. The van der Waals surface area contributed by atoms with E-state index in [4.69, 9.17) is 4.74 Å². The summed E-state index contributed by atoms with van der Waals surface area (Å²) in [7, 11) is 0. The second-order valence-electron chi connectivity index (χ2n) is 8.03. The number of ether oxygens (including phenoxy) is 1. The SMILES string of the molecule is CC(C)(C)OC(=O)N1C[C@](Cc2cc(C(F)(F)F)cc(C(F)(F)F)c2)(SC(F)(F)F)C(=O)O1. The molecule has 1 fully saturated rings. The molecule has 1 aromatic rings. The summed E-state index contributed by atoms with van der Waals surface area (Å²) >= 11 is -1.01. The molecule has 0 radical (unpaired) electrons. The van der Waals surface area contributed by atoms with E-state index < -0.39 is 81.7 Å². The van der Waals surface area contributed by atoms with Crippen LogP contribution < -0.4 is 0 Å². The molecular formula is C18H16F9NO4S. The summed E-state index contributed by atoms with van der Waals surface area (Å²) in [4.78, 5) is 29.1. The zero-order valence-electron chi connectivity index (χ0n) is 17.0. The summed E-state index contributed by atoms with van der Waals surface area (Å²) < 4.78 is 120. The van der Waals surface area contributed by atoms with Gasteiger partial charge in [0.15, 0.2) is 0 Å². The second-order valence-corrected chi connectivity index (χ2v) is 9.48. The second kappa shape index (κ2) is 8.47. The first-order chi connectivity index (χ1) is 14.6. The number of halogens is 9. The number of amides is 1. The fraction of sp³-hybridized carbons (Fsp3) is 0.556. The number of hydrogen-bond donors (Lipinski definition) is 0. The molecule has 0 unspecified atom stereocenters. The van der Waals surface area contributed by atoms with Gasteiger partial charge < -0.3 is 9.57 Å². The number of nitrogens with zero attached hydrogens (tertiary/aromatic N) is 1. The molecule has 15 heteroatoms. The Morgan fingerprint density at radius 2 is 1.48 bits per heavy atom. The van der Waals surface area contributed by atoms with Gasteiger partial charge in [0.25, 0.3) is 0 Å². The standard InChI is InChI=1S/C18H16F9NO4S/c1-14(2,3)31-13(30)28-8-15(12(29)32-28,33-18(25,26)27)7-9-4-10(16(19,20)21)6-11(5-9)17(22,23)24/h4-6H,7-8H2,1-3H3/t15-/m0/s1. The van der Waals surface area contributed by atoms with E-state index >= 15 is 0 Å². The van der Waals surface area contributed by atoms with E-state index in [-0.39, 0.29) is 23.3 Å². The van der Waals surface area contributed by atoms with Crippen LogP contribution in [0.2, 0.25) is 0 Å². The molecule has 1 amide bonds. The quantitative estimate of drug-likeness (QED) is 0.467. The zero-order valence-corrected chi connectivity index (χ0v) is 17.9. The van der Waals surface area contributed by atoms with Crippen LogP contribution in [0.25, 0.3) is 0 Å². The first-order valence-electron chi connectivity index (χ1n) is 8.89. The molecule has 1 saturated heterocycles. The highest BCUT2D eigenvalue weighted by molar-refractivity contribution is 8.02. The Bertz CT molecular complexity index is 889. The highest BCUT2D eigenvalue weighted by Gasteiger charge is 2.58. The maximum Gasteiger partial charge on any atom is 0.443 e. The summed E-state index contributed by atoms with van der Waals surface area (Å²) in [6.45, 7) is 3.08. The Morgan fingerprint density at radius 3 is 1.88 bits per heavy atom. The number of benzene rings is 1. The number of carbonyl (C=O) groups excluding carboxylic acids is 2. The lowest BCUT2D eigenvalue weighted by Crippen LogP contribution is -2.42. The van der Waals surface area contributed by atoms with Gasteiger partial charge in [-0.25, -0.2) is 9.59 Å². The Hall–Kier alpha value is -2.32. The van der Waals surface area contributed by atoms with Crippen molar-refractivity contribution in [3.8, 4) is 0 Å². The largest absolute Gasteiger partial charge is 0.443 e. The van der Waals surface area contributed by atoms with Crippen LogP contribution in [0.15, 0.2) is 18.2 Å². The van der Waals surface area contributed by atoms with Gasteiger partial charge in [0, 0.05) is 6.42 Å². The highest BCUT2D eigenvalue weighted by Crippen LogP contribution is 2.47. The van der Waals surface area contributed by atoms with Crippen LogP contribution in [0.1, 0.15) is 37.5 Å². The van der Waals surface area contributed by atoms with E-state index in [1.165, 1.54) is 20.8 Å². The van der Waals surface area contributed by atoms with Gasteiger partial charge in [-0.05, 0) is 56.3 Å². The molecule has 0 N–H and O–H groups in total. The third-order valence-corrected chi connectivity index (χ3v) is 5.07. The number of rotatable bonds is 3. The van der Waals surface area contributed by atoms with E-state index in [2.05, 4.69) is 4.84 Å². The minimum Gasteiger partial charge on any atom is -0.442 e. The van der Waals surface area contributed by atoms with Crippen LogP contribution >= 0.6 is 11.8 Å². The van der Waals surface area contributed by atoms with Crippen molar-refractivity contribution < 1.29 is 58.7 Å². The van der Waals surface area contributed by atoms with Gasteiger partial charge in [-0.1, -0.05) is 0 Å². The van der Waals surface area contributed by atoms with E-state index in [1.807, 2.05) is 0 Å². The van der Waals surface area contributed by atoms with Gasteiger partial charge in [-0.2, -0.15) is 39.5 Å². The molecule has 186 valence electrons. The highest BCUT2D eigenvalue weighted by atomic mass is 32.2. The van der Waals surface area contributed by atoms with Crippen molar-refractivity contribution in [3.63, 3.8) is 0 Å². The molecule has 1 aliphatic heterocycles. The minimum atomic E-state index is -5.25. The maximum atomic E-state index is 13.2. The first kappa shape index (κ1) is 26.9. The van der Waals surface area contributed by atoms with Crippen LogP contribution in [0.5, 0.6) is 0 Å². The maximum absolute atomic E-state index is 13.2. The van der Waals surface area contributed by atoms with E-state index in [1.54, 1.807) is 0 Å². The predicted octanol–water partition coefficient (Wildman–Crippen LogP) is 5.97. The Morgan fingerprint density at radius 1 is 1.00 bits per heavy atom. The number of carbonyl (C=O) groups is 2. The predicted molar refractivity (Wildman–Crippen MR) is 95.6 cm³/mol. The molecule has 1 atom stereocenters. The summed E-state index contributed by atoms with van der Waals surface area (Å²) in [5.74, 6) is -1.68. The molecule has 2 rings (SSSR count). The van der Waals surface area contributed by atoms with E-state index in [9.17, 15) is 49.1 Å². The number of hydrogen-bond acceptors (Lipinski definition) is 5.